The molecule has 0 heterocycles. The summed E-state index contributed by atoms with van der Waals surface area (Å²) in [6, 6.07) is 0. The van der Waals surface area contributed by atoms with Crippen LogP contribution in [0.15, 0.2) is 11.6 Å². The van der Waals surface area contributed by atoms with E-state index in [1.165, 1.54) is 50.5 Å². The maximum atomic E-state index is 9.45. The van der Waals surface area contributed by atoms with Crippen LogP contribution in [0.5, 0.6) is 0 Å². The minimum absolute atomic E-state index is 0.279. The SMILES string of the molecule is CCC(C=C(CO)C1CCCCC1)CC. The first-order valence-electron chi connectivity index (χ1n) is 6.63. The molecule has 0 aliphatic heterocycles. The van der Waals surface area contributed by atoms with Crippen LogP contribution >= 0.6 is 0 Å². The van der Waals surface area contributed by atoms with E-state index in [0.717, 1.165) is 0 Å². The highest BCUT2D eigenvalue weighted by molar-refractivity contribution is 5.09. The van der Waals surface area contributed by atoms with Crippen LogP contribution in [0.25, 0.3) is 0 Å². The van der Waals surface area contributed by atoms with Crippen LogP contribution in [0.2, 0.25) is 0 Å². The zero-order valence-corrected chi connectivity index (χ0v) is 10.3. The molecule has 1 aliphatic rings. The number of rotatable bonds is 5. The number of hydrogen-bond donors (Lipinski definition) is 1. The number of allylic oxidation sites excluding steroid dienone is 1. The molecule has 0 atom stereocenters. The normalized spacial score (nSPS) is 19.9. The fraction of sp³-hybridized carbons (Fsp3) is 0.857. The Kier molecular flexibility index (Phi) is 6.00. The molecular weight excluding hydrogens is 184 g/mol. The van der Waals surface area contributed by atoms with E-state index in [4.69, 9.17) is 0 Å². The third-order valence-corrected chi connectivity index (χ3v) is 3.81. The molecule has 0 aromatic carbocycles. The van der Waals surface area contributed by atoms with Crippen molar-refractivity contribution in [3.8, 4) is 0 Å². The monoisotopic (exact) mass is 210 g/mol. The average molecular weight is 210 g/mol. The third kappa shape index (κ3) is 3.98. The van der Waals surface area contributed by atoms with Crippen LogP contribution in [-0.2, 0) is 0 Å². The van der Waals surface area contributed by atoms with E-state index in [1.807, 2.05) is 0 Å². The van der Waals surface area contributed by atoms with Crippen LogP contribution in [0.1, 0.15) is 58.8 Å². The molecule has 0 spiro atoms. The van der Waals surface area contributed by atoms with Gasteiger partial charge in [0.05, 0.1) is 6.61 Å². The van der Waals surface area contributed by atoms with E-state index in [9.17, 15) is 5.11 Å². The van der Waals surface area contributed by atoms with Gasteiger partial charge in [-0.05, 0) is 43.1 Å². The summed E-state index contributed by atoms with van der Waals surface area (Å²) in [4.78, 5) is 0. The lowest BCUT2D eigenvalue weighted by Gasteiger charge is -2.24. The molecule has 1 aliphatic carbocycles. The van der Waals surface area contributed by atoms with Crippen LogP contribution < -0.4 is 0 Å². The molecule has 1 N–H and O–H groups in total. The topological polar surface area (TPSA) is 20.2 Å². The molecule has 0 aromatic heterocycles. The molecule has 1 fully saturated rings. The summed E-state index contributed by atoms with van der Waals surface area (Å²) in [5.74, 6) is 1.36. The highest BCUT2D eigenvalue weighted by Gasteiger charge is 2.17. The lowest BCUT2D eigenvalue weighted by Crippen LogP contribution is -2.13. The van der Waals surface area contributed by atoms with Gasteiger partial charge in [-0.25, -0.2) is 0 Å². The van der Waals surface area contributed by atoms with E-state index >= 15 is 0 Å². The van der Waals surface area contributed by atoms with E-state index in [0.29, 0.717) is 11.8 Å². The van der Waals surface area contributed by atoms with Gasteiger partial charge in [-0.2, -0.15) is 0 Å². The lowest BCUT2D eigenvalue weighted by molar-refractivity contribution is 0.290. The minimum atomic E-state index is 0.279. The van der Waals surface area contributed by atoms with Crippen molar-refractivity contribution < 1.29 is 5.11 Å². The van der Waals surface area contributed by atoms with E-state index < -0.39 is 0 Å². The van der Waals surface area contributed by atoms with Gasteiger partial charge in [-0.1, -0.05) is 39.2 Å². The van der Waals surface area contributed by atoms with Crippen molar-refractivity contribution in [3.05, 3.63) is 11.6 Å². The van der Waals surface area contributed by atoms with Gasteiger partial charge in [-0.3, -0.25) is 0 Å². The van der Waals surface area contributed by atoms with Gasteiger partial charge in [0.1, 0.15) is 0 Å². The molecular formula is C14H26O. The second kappa shape index (κ2) is 7.05. The highest BCUT2D eigenvalue weighted by Crippen LogP contribution is 2.30. The first kappa shape index (κ1) is 12.8. The molecule has 0 aromatic rings. The molecule has 1 heteroatoms. The van der Waals surface area contributed by atoms with E-state index in [2.05, 4.69) is 19.9 Å². The Labute approximate surface area is 94.6 Å². The van der Waals surface area contributed by atoms with Gasteiger partial charge >= 0.3 is 0 Å². The Balaban J connectivity index is 2.58. The van der Waals surface area contributed by atoms with Gasteiger partial charge in [0, 0.05) is 0 Å². The predicted molar refractivity (Wildman–Crippen MR) is 65.8 cm³/mol. The first-order chi connectivity index (χ1) is 7.31. The first-order valence-corrected chi connectivity index (χ1v) is 6.63. The standard InChI is InChI=1S/C14H26O/c1-3-12(4-2)10-14(11-15)13-8-6-5-7-9-13/h10,12-13,15H,3-9,11H2,1-2H3. The lowest BCUT2D eigenvalue weighted by atomic mass is 9.82. The van der Waals surface area contributed by atoms with Gasteiger partial charge in [0.15, 0.2) is 0 Å². The Bertz CT molecular complexity index is 186. The van der Waals surface area contributed by atoms with Crippen molar-refractivity contribution >= 4 is 0 Å². The summed E-state index contributed by atoms with van der Waals surface area (Å²) in [5, 5.41) is 9.45. The summed E-state index contributed by atoms with van der Waals surface area (Å²) >= 11 is 0. The Morgan fingerprint density at radius 1 is 1.20 bits per heavy atom. The highest BCUT2D eigenvalue weighted by atomic mass is 16.3. The molecule has 1 saturated carbocycles. The molecule has 0 saturated heterocycles. The Morgan fingerprint density at radius 2 is 1.80 bits per heavy atom. The van der Waals surface area contributed by atoms with Gasteiger partial charge < -0.3 is 5.11 Å². The minimum Gasteiger partial charge on any atom is -0.392 e. The number of aliphatic hydroxyl groups excluding tert-OH is 1. The van der Waals surface area contributed by atoms with Gasteiger partial charge in [0.25, 0.3) is 0 Å². The van der Waals surface area contributed by atoms with Crippen molar-refractivity contribution in [1.82, 2.24) is 0 Å². The van der Waals surface area contributed by atoms with Gasteiger partial charge in [-0.15, -0.1) is 0 Å². The van der Waals surface area contributed by atoms with Crippen LogP contribution in [0.3, 0.4) is 0 Å². The summed E-state index contributed by atoms with van der Waals surface area (Å²) in [7, 11) is 0. The Morgan fingerprint density at radius 3 is 2.27 bits per heavy atom. The third-order valence-electron chi connectivity index (χ3n) is 3.81. The maximum absolute atomic E-state index is 9.45. The van der Waals surface area contributed by atoms with Crippen LogP contribution in [0.4, 0.5) is 0 Å². The summed E-state index contributed by atoms with van der Waals surface area (Å²) < 4.78 is 0. The van der Waals surface area contributed by atoms with Crippen molar-refractivity contribution in [2.24, 2.45) is 11.8 Å². The fourth-order valence-electron chi connectivity index (χ4n) is 2.62. The molecule has 0 amide bonds. The average Bonchev–Trinajstić information content (AvgIpc) is 2.32. The van der Waals surface area contributed by atoms with Crippen molar-refractivity contribution in [1.29, 1.82) is 0 Å². The maximum Gasteiger partial charge on any atom is 0.0644 e. The van der Waals surface area contributed by atoms with E-state index in [-0.39, 0.29) is 6.61 Å². The quantitative estimate of drug-likeness (QED) is 0.682. The van der Waals surface area contributed by atoms with E-state index in [1.54, 1.807) is 0 Å². The van der Waals surface area contributed by atoms with Crippen LogP contribution in [0, 0.1) is 11.8 Å². The molecule has 0 bridgehead atoms. The molecule has 0 unspecified atom stereocenters. The summed E-state index contributed by atoms with van der Waals surface area (Å²) in [6.45, 7) is 4.75. The smallest absolute Gasteiger partial charge is 0.0644 e. The second-order valence-electron chi connectivity index (χ2n) is 4.81. The molecule has 1 nitrogen and oxygen atoms in total. The largest absolute Gasteiger partial charge is 0.392 e. The van der Waals surface area contributed by atoms with Crippen LogP contribution in [-0.4, -0.2) is 11.7 Å². The zero-order chi connectivity index (χ0) is 11.1. The predicted octanol–water partition coefficient (Wildman–Crippen LogP) is 3.92. The number of aliphatic hydroxyl groups is 1. The Hall–Kier alpha value is -0.300. The fourth-order valence-corrected chi connectivity index (χ4v) is 2.62. The summed E-state index contributed by atoms with van der Waals surface area (Å²) in [5.41, 5.74) is 1.32. The molecule has 1 rings (SSSR count). The molecule has 15 heavy (non-hydrogen) atoms. The molecule has 88 valence electrons. The second-order valence-corrected chi connectivity index (χ2v) is 4.81. The van der Waals surface area contributed by atoms with Crippen molar-refractivity contribution in [2.75, 3.05) is 6.61 Å². The molecule has 0 radical (unpaired) electrons. The zero-order valence-electron chi connectivity index (χ0n) is 10.3. The number of hydrogen-bond acceptors (Lipinski definition) is 1. The van der Waals surface area contributed by atoms with Gasteiger partial charge in [0.2, 0.25) is 0 Å². The van der Waals surface area contributed by atoms with Crippen molar-refractivity contribution in [2.45, 2.75) is 58.8 Å². The van der Waals surface area contributed by atoms with Crippen molar-refractivity contribution in [3.63, 3.8) is 0 Å². The summed E-state index contributed by atoms with van der Waals surface area (Å²) in [6.07, 6.45) is 11.4.